The summed E-state index contributed by atoms with van der Waals surface area (Å²) in [6, 6.07) is 3.70. The van der Waals surface area contributed by atoms with Crippen molar-refractivity contribution < 1.29 is 9.53 Å². The van der Waals surface area contributed by atoms with Crippen LogP contribution in [0.1, 0.15) is 37.0 Å². The van der Waals surface area contributed by atoms with Gasteiger partial charge in [0.1, 0.15) is 5.82 Å². The molecule has 1 amide bonds. The molecule has 2 saturated heterocycles. The number of aromatic nitrogens is 1. The first kappa shape index (κ1) is 17.2. The van der Waals surface area contributed by atoms with Gasteiger partial charge in [-0.05, 0) is 38.8 Å². The predicted octanol–water partition coefficient (Wildman–Crippen LogP) is 1.52. The van der Waals surface area contributed by atoms with Crippen LogP contribution in [0.5, 0.6) is 0 Å². The fourth-order valence-electron chi connectivity index (χ4n) is 3.64. The number of ether oxygens (including phenoxy) is 1. The molecule has 2 fully saturated rings. The summed E-state index contributed by atoms with van der Waals surface area (Å²) in [5.41, 5.74) is 0.683. The Labute approximate surface area is 144 Å². The van der Waals surface area contributed by atoms with Crippen LogP contribution < -0.4 is 10.2 Å². The molecule has 1 aromatic rings. The van der Waals surface area contributed by atoms with Crippen molar-refractivity contribution in [1.82, 2.24) is 15.2 Å². The van der Waals surface area contributed by atoms with Gasteiger partial charge in [-0.2, -0.15) is 0 Å². The van der Waals surface area contributed by atoms with Gasteiger partial charge in [0.15, 0.2) is 0 Å². The van der Waals surface area contributed by atoms with Gasteiger partial charge < -0.3 is 15.0 Å². The zero-order chi connectivity index (χ0) is 16.9. The number of nitrogens with zero attached hydrogens (tertiary/aromatic N) is 3. The molecule has 2 atom stereocenters. The minimum atomic E-state index is -0.0284. The number of nitrogens with one attached hydrogen (secondary N) is 1. The van der Waals surface area contributed by atoms with Crippen molar-refractivity contribution in [3.05, 3.63) is 23.9 Å². The van der Waals surface area contributed by atoms with Gasteiger partial charge in [-0.3, -0.25) is 9.69 Å². The van der Waals surface area contributed by atoms with E-state index in [0.29, 0.717) is 12.1 Å². The number of amides is 1. The Morgan fingerprint density at radius 3 is 2.71 bits per heavy atom. The third-order valence-corrected chi connectivity index (χ3v) is 4.65. The van der Waals surface area contributed by atoms with E-state index in [4.69, 9.17) is 4.74 Å². The van der Waals surface area contributed by atoms with Crippen molar-refractivity contribution in [2.24, 2.45) is 0 Å². The van der Waals surface area contributed by atoms with E-state index in [2.05, 4.69) is 33.9 Å². The maximum absolute atomic E-state index is 12.6. The lowest BCUT2D eigenvalue weighted by atomic mass is 10.2. The van der Waals surface area contributed by atoms with Crippen molar-refractivity contribution in [3.63, 3.8) is 0 Å². The van der Waals surface area contributed by atoms with Crippen LogP contribution in [0, 0.1) is 0 Å². The number of hydrogen-bond donors (Lipinski definition) is 1. The molecule has 3 rings (SSSR count). The molecule has 24 heavy (non-hydrogen) atoms. The largest absolute Gasteiger partial charge is 0.373 e. The van der Waals surface area contributed by atoms with E-state index in [1.54, 1.807) is 6.20 Å². The van der Waals surface area contributed by atoms with Crippen LogP contribution in [0.15, 0.2) is 18.3 Å². The summed E-state index contributed by atoms with van der Waals surface area (Å²) in [6.07, 6.45) is 4.62. The van der Waals surface area contributed by atoms with Crippen LogP contribution in [0.3, 0.4) is 0 Å². The van der Waals surface area contributed by atoms with Crippen molar-refractivity contribution in [2.75, 3.05) is 44.2 Å². The van der Waals surface area contributed by atoms with E-state index < -0.39 is 0 Å². The van der Waals surface area contributed by atoms with E-state index in [0.717, 1.165) is 38.5 Å². The molecule has 0 aliphatic carbocycles. The van der Waals surface area contributed by atoms with Gasteiger partial charge in [0.05, 0.1) is 17.8 Å². The molecule has 2 aliphatic heterocycles. The topological polar surface area (TPSA) is 57.7 Å². The minimum Gasteiger partial charge on any atom is -0.373 e. The van der Waals surface area contributed by atoms with Crippen LogP contribution in [0.2, 0.25) is 0 Å². The van der Waals surface area contributed by atoms with Gasteiger partial charge >= 0.3 is 0 Å². The van der Waals surface area contributed by atoms with Crippen LogP contribution >= 0.6 is 0 Å². The van der Waals surface area contributed by atoms with Gasteiger partial charge in [0.25, 0.3) is 5.91 Å². The van der Waals surface area contributed by atoms with Crippen molar-refractivity contribution in [3.8, 4) is 0 Å². The van der Waals surface area contributed by atoms with Gasteiger partial charge in [-0.25, -0.2) is 4.98 Å². The Kier molecular flexibility index (Phi) is 5.68. The van der Waals surface area contributed by atoms with Crippen molar-refractivity contribution in [1.29, 1.82) is 0 Å². The average molecular weight is 332 g/mol. The van der Waals surface area contributed by atoms with Crippen LogP contribution in [-0.4, -0.2) is 67.3 Å². The van der Waals surface area contributed by atoms with E-state index in [-0.39, 0.29) is 18.1 Å². The van der Waals surface area contributed by atoms with Crippen LogP contribution in [-0.2, 0) is 4.74 Å². The van der Waals surface area contributed by atoms with Crippen LogP contribution in [0.4, 0.5) is 5.82 Å². The molecule has 6 nitrogen and oxygen atoms in total. The lowest BCUT2D eigenvalue weighted by Crippen LogP contribution is -2.47. The Bertz CT molecular complexity index is 550. The van der Waals surface area contributed by atoms with Gasteiger partial charge in [0.2, 0.25) is 0 Å². The Balaban J connectivity index is 1.54. The monoisotopic (exact) mass is 332 g/mol. The van der Waals surface area contributed by atoms with E-state index in [9.17, 15) is 4.79 Å². The number of rotatable bonds is 5. The highest BCUT2D eigenvalue weighted by atomic mass is 16.5. The van der Waals surface area contributed by atoms with E-state index >= 15 is 0 Å². The first-order valence-corrected chi connectivity index (χ1v) is 8.99. The second-order valence-electron chi connectivity index (χ2n) is 6.84. The molecule has 0 radical (unpaired) electrons. The van der Waals surface area contributed by atoms with Crippen molar-refractivity contribution >= 4 is 11.7 Å². The summed E-state index contributed by atoms with van der Waals surface area (Å²) in [4.78, 5) is 21.6. The molecule has 0 aromatic carbocycles. The molecular formula is C18H28N4O2. The van der Waals surface area contributed by atoms with Gasteiger partial charge in [-0.1, -0.05) is 0 Å². The number of hydrogen-bond acceptors (Lipinski definition) is 5. The molecule has 3 heterocycles. The molecule has 1 N–H and O–H groups in total. The molecule has 0 spiro atoms. The minimum absolute atomic E-state index is 0.0284. The summed E-state index contributed by atoms with van der Waals surface area (Å²) in [5, 5.41) is 3.05. The highest BCUT2D eigenvalue weighted by Gasteiger charge is 2.23. The zero-order valence-corrected chi connectivity index (χ0v) is 14.7. The molecule has 132 valence electrons. The summed E-state index contributed by atoms with van der Waals surface area (Å²) < 4.78 is 5.74. The zero-order valence-electron chi connectivity index (χ0n) is 14.7. The SMILES string of the molecule is C[C@H]1CN(CCNC(=O)c2cccnc2N2CCCC2)C[C@H](C)O1. The maximum Gasteiger partial charge on any atom is 0.255 e. The first-order chi connectivity index (χ1) is 11.6. The number of carbonyl (C=O) groups excluding carboxylic acids is 1. The van der Waals surface area contributed by atoms with E-state index in [1.165, 1.54) is 12.8 Å². The van der Waals surface area contributed by atoms with Gasteiger partial charge in [-0.15, -0.1) is 0 Å². The number of carbonyl (C=O) groups is 1. The standard InChI is InChI=1S/C18H28N4O2/c1-14-12-21(13-15(2)24-14)11-8-20-18(23)16-6-5-7-19-17(16)22-9-3-4-10-22/h5-7,14-15H,3-4,8-13H2,1-2H3,(H,20,23)/t14-,15-/m0/s1. The van der Waals surface area contributed by atoms with E-state index in [1.807, 2.05) is 12.1 Å². The third kappa shape index (κ3) is 4.24. The predicted molar refractivity (Wildman–Crippen MR) is 94.5 cm³/mol. The summed E-state index contributed by atoms with van der Waals surface area (Å²) in [5.74, 6) is 0.792. The second kappa shape index (κ2) is 7.94. The number of pyridine rings is 1. The quantitative estimate of drug-likeness (QED) is 0.886. The second-order valence-corrected chi connectivity index (χ2v) is 6.84. The molecule has 1 aromatic heterocycles. The Hall–Kier alpha value is -1.66. The lowest BCUT2D eigenvalue weighted by Gasteiger charge is -2.35. The maximum atomic E-state index is 12.6. The molecule has 2 aliphatic rings. The first-order valence-electron chi connectivity index (χ1n) is 8.99. The highest BCUT2D eigenvalue weighted by Crippen LogP contribution is 2.21. The fraction of sp³-hybridized carbons (Fsp3) is 0.667. The van der Waals surface area contributed by atoms with Crippen molar-refractivity contribution in [2.45, 2.75) is 38.9 Å². The summed E-state index contributed by atoms with van der Waals surface area (Å²) in [6.45, 7) is 9.51. The molecule has 0 unspecified atom stereocenters. The molecule has 0 bridgehead atoms. The highest BCUT2D eigenvalue weighted by molar-refractivity contribution is 5.98. The average Bonchev–Trinajstić information content (AvgIpc) is 3.08. The Morgan fingerprint density at radius 1 is 1.29 bits per heavy atom. The molecule has 6 heteroatoms. The van der Waals surface area contributed by atoms with Crippen LogP contribution in [0.25, 0.3) is 0 Å². The Morgan fingerprint density at radius 2 is 2.00 bits per heavy atom. The number of anilines is 1. The molecular weight excluding hydrogens is 304 g/mol. The summed E-state index contributed by atoms with van der Waals surface area (Å²) in [7, 11) is 0. The van der Waals surface area contributed by atoms with Gasteiger partial charge in [0, 0.05) is 45.5 Å². The molecule has 0 saturated carbocycles. The number of morpholine rings is 1. The normalized spacial score (nSPS) is 25.0. The summed E-state index contributed by atoms with van der Waals surface area (Å²) >= 11 is 0. The lowest BCUT2D eigenvalue weighted by molar-refractivity contribution is -0.0672. The fourth-order valence-corrected chi connectivity index (χ4v) is 3.64. The smallest absolute Gasteiger partial charge is 0.255 e. The third-order valence-electron chi connectivity index (χ3n) is 4.65.